The summed E-state index contributed by atoms with van der Waals surface area (Å²) in [5, 5.41) is 3.25. The first-order valence-electron chi connectivity index (χ1n) is 10.5. The van der Waals surface area contributed by atoms with Gasteiger partial charge in [0.2, 0.25) is 5.95 Å². The number of hydrogen-bond donors (Lipinski definition) is 1. The van der Waals surface area contributed by atoms with Gasteiger partial charge < -0.3 is 19.7 Å². The molecule has 0 radical (unpaired) electrons. The molecule has 10 heteroatoms. The smallest absolute Gasteiger partial charge is 0.387 e. The number of imidazole rings is 1. The molecule has 0 aliphatic carbocycles. The first kappa shape index (κ1) is 21.8. The van der Waals surface area contributed by atoms with E-state index in [0.29, 0.717) is 53.6 Å². The Labute approximate surface area is 197 Å². The molecule has 1 unspecified atom stereocenters. The summed E-state index contributed by atoms with van der Waals surface area (Å²) >= 11 is 3.45. The third-order valence-electron chi connectivity index (χ3n) is 5.84. The van der Waals surface area contributed by atoms with Crippen molar-refractivity contribution in [2.75, 3.05) is 31.6 Å². The second-order valence-corrected chi connectivity index (χ2v) is 8.74. The van der Waals surface area contributed by atoms with Crippen molar-refractivity contribution in [2.24, 2.45) is 0 Å². The molecule has 2 aliphatic rings. The van der Waals surface area contributed by atoms with Gasteiger partial charge in [-0.3, -0.25) is 9.36 Å². The number of halogens is 3. The molecule has 1 saturated heterocycles. The molecule has 0 spiro atoms. The lowest BCUT2D eigenvalue weighted by Gasteiger charge is -2.35. The number of hydrogen-bond acceptors (Lipinski definition) is 5. The molecule has 1 amide bonds. The molecule has 0 bridgehead atoms. The van der Waals surface area contributed by atoms with Crippen LogP contribution in [0.2, 0.25) is 0 Å². The number of ether oxygens (including phenoxy) is 2. The number of morpholine rings is 1. The predicted molar refractivity (Wildman–Crippen MR) is 122 cm³/mol. The third kappa shape index (κ3) is 3.97. The molecule has 2 aromatic carbocycles. The number of nitrogens with zero attached hydrogens (tertiary/aromatic N) is 3. The molecule has 172 valence electrons. The van der Waals surface area contributed by atoms with E-state index in [4.69, 9.17) is 9.47 Å². The van der Waals surface area contributed by atoms with Gasteiger partial charge >= 0.3 is 6.61 Å². The Morgan fingerprint density at radius 2 is 2.00 bits per heavy atom. The van der Waals surface area contributed by atoms with Crippen molar-refractivity contribution in [1.29, 1.82) is 0 Å². The van der Waals surface area contributed by atoms with E-state index in [0.717, 1.165) is 11.0 Å². The summed E-state index contributed by atoms with van der Waals surface area (Å²) in [6.07, 6.45) is 0. The van der Waals surface area contributed by atoms with E-state index in [1.165, 1.54) is 6.07 Å². The van der Waals surface area contributed by atoms with Gasteiger partial charge in [-0.2, -0.15) is 8.78 Å². The normalized spacial score (nSPS) is 18.5. The van der Waals surface area contributed by atoms with Gasteiger partial charge in [0, 0.05) is 28.8 Å². The van der Waals surface area contributed by atoms with E-state index in [1.807, 2.05) is 28.8 Å². The molecule has 1 fully saturated rings. The van der Waals surface area contributed by atoms with Gasteiger partial charge in [-0.25, -0.2) is 4.98 Å². The van der Waals surface area contributed by atoms with E-state index >= 15 is 0 Å². The van der Waals surface area contributed by atoms with Crippen LogP contribution in [0.5, 0.6) is 5.75 Å². The summed E-state index contributed by atoms with van der Waals surface area (Å²) in [7, 11) is 0. The van der Waals surface area contributed by atoms with Crippen LogP contribution in [0.25, 0.3) is 11.0 Å². The van der Waals surface area contributed by atoms with Crippen molar-refractivity contribution >= 4 is 38.8 Å². The summed E-state index contributed by atoms with van der Waals surface area (Å²) in [4.78, 5) is 20.2. The fourth-order valence-corrected chi connectivity index (χ4v) is 4.79. The maximum absolute atomic E-state index is 13.8. The number of carbonyl (C=O) groups excluding carboxylic acids is 1. The summed E-state index contributed by atoms with van der Waals surface area (Å²) < 4.78 is 39.5. The number of para-hydroxylation sites is 2. The number of anilines is 1. The SMILES string of the molecule is CC1=C(C(=O)N2CCOCC2)C(c2cc(Br)ccc2OC(F)F)n2c(nc3ccccc32)N1. The first-order chi connectivity index (χ1) is 15.9. The van der Waals surface area contributed by atoms with Crippen LogP contribution in [0.15, 0.2) is 58.2 Å². The highest BCUT2D eigenvalue weighted by Crippen LogP contribution is 2.43. The van der Waals surface area contributed by atoms with Crippen molar-refractivity contribution in [3.63, 3.8) is 0 Å². The minimum atomic E-state index is -3.01. The van der Waals surface area contributed by atoms with E-state index in [1.54, 1.807) is 24.0 Å². The lowest BCUT2D eigenvalue weighted by Crippen LogP contribution is -2.44. The molecule has 3 heterocycles. The second kappa shape index (κ2) is 8.75. The Kier molecular flexibility index (Phi) is 5.79. The molecule has 2 aliphatic heterocycles. The highest BCUT2D eigenvalue weighted by atomic mass is 79.9. The highest BCUT2D eigenvalue weighted by molar-refractivity contribution is 9.10. The number of alkyl halides is 2. The van der Waals surface area contributed by atoms with Crippen molar-refractivity contribution in [3.8, 4) is 5.75 Å². The van der Waals surface area contributed by atoms with Gasteiger partial charge in [0.05, 0.1) is 35.9 Å². The Morgan fingerprint density at radius 3 is 2.76 bits per heavy atom. The Balaban J connectivity index is 1.74. The minimum absolute atomic E-state index is 0.00362. The lowest BCUT2D eigenvalue weighted by molar-refractivity contribution is -0.131. The summed E-state index contributed by atoms with van der Waals surface area (Å²) in [5.74, 6) is 0.351. The zero-order valence-corrected chi connectivity index (χ0v) is 19.3. The zero-order valence-electron chi connectivity index (χ0n) is 17.7. The molecule has 0 saturated carbocycles. The largest absolute Gasteiger partial charge is 0.434 e. The Morgan fingerprint density at radius 1 is 1.24 bits per heavy atom. The van der Waals surface area contributed by atoms with Crippen molar-refractivity contribution in [2.45, 2.75) is 19.6 Å². The van der Waals surface area contributed by atoms with Crippen molar-refractivity contribution in [1.82, 2.24) is 14.5 Å². The number of fused-ring (bicyclic) bond motifs is 3. The van der Waals surface area contributed by atoms with Crippen molar-refractivity contribution < 1.29 is 23.0 Å². The van der Waals surface area contributed by atoms with Gasteiger partial charge in [-0.1, -0.05) is 28.1 Å². The second-order valence-electron chi connectivity index (χ2n) is 7.83. The molecule has 3 aromatic rings. The number of carbonyl (C=O) groups is 1. The van der Waals surface area contributed by atoms with Crippen LogP contribution in [0.4, 0.5) is 14.7 Å². The maximum Gasteiger partial charge on any atom is 0.387 e. The molecule has 1 aromatic heterocycles. The van der Waals surface area contributed by atoms with Gasteiger partial charge in [-0.05, 0) is 37.3 Å². The summed E-state index contributed by atoms with van der Waals surface area (Å²) in [5.41, 5.74) is 3.00. The average molecular weight is 519 g/mol. The molecule has 1 atom stereocenters. The lowest BCUT2D eigenvalue weighted by atomic mass is 9.93. The fourth-order valence-electron chi connectivity index (χ4n) is 4.41. The molecule has 5 rings (SSSR count). The van der Waals surface area contributed by atoms with E-state index < -0.39 is 12.7 Å². The molecular formula is C23H21BrF2N4O3. The number of rotatable bonds is 4. The summed E-state index contributed by atoms with van der Waals surface area (Å²) in [6, 6.07) is 11.6. The Bertz CT molecular complexity index is 1250. The number of nitrogens with one attached hydrogen (secondary N) is 1. The number of amides is 1. The molecule has 33 heavy (non-hydrogen) atoms. The Hall–Kier alpha value is -2.98. The average Bonchev–Trinajstić information content (AvgIpc) is 3.17. The number of aromatic nitrogens is 2. The van der Waals surface area contributed by atoms with Crippen LogP contribution in [-0.4, -0.2) is 53.3 Å². The monoisotopic (exact) mass is 518 g/mol. The van der Waals surface area contributed by atoms with E-state index in [2.05, 4.69) is 26.2 Å². The van der Waals surface area contributed by atoms with Gasteiger partial charge in [0.1, 0.15) is 5.75 Å². The van der Waals surface area contributed by atoms with Gasteiger partial charge in [0.15, 0.2) is 0 Å². The van der Waals surface area contributed by atoms with E-state index in [9.17, 15) is 13.6 Å². The maximum atomic E-state index is 13.8. The first-order valence-corrected chi connectivity index (χ1v) is 11.3. The van der Waals surface area contributed by atoms with Crippen LogP contribution in [0, 0.1) is 0 Å². The van der Waals surface area contributed by atoms with Crippen LogP contribution < -0.4 is 10.1 Å². The quantitative estimate of drug-likeness (QED) is 0.548. The van der Waals surface area contributed by atoms with Gasteiger partial charge in [0.25, 0.3) is 5.91 Å². The zero-order chi connectivity index (χ0) is 23.1. The number of allylic oxidation sites excluding steroid dienone is 1. The van der Waals surface area contributed by atoms with Crippen LogP contribution in [0.1, 0.15) is 18.5 Å². The van der Waals surface area contributed by atoms with Crippen LogP contribution in [-0.2, 0) is 9.53 Å². The highest BCUT2D eigenvalue weighted by Gasteiger charge is 2.38. The van der Waals surface area contributed by atoms with Crippen molar-refractivity contribution in [3.05, 3.63) is 63.8 Å². The number of benzene rings is 2. The predicted octanol–water partition coefficient (Wildman–Crippen LogP) is 4.55. The van der Waals surface area contributed by atoms with Gasteiger partial charge in [-0.15, -0.1) is 0 Å². The standard InChI is InChI=1S/C23H21BrF2N4O3/c1-13-19(21(31)29-8-10-32-11-9-29)20(15-12-14(24)6-7-18(15)33-22(25)26)30-17-5-3-2-4-16(17)28-23(30)27-13/h2-7,12,20,22H,8-11H2,1H3,(H,27,28). The van der Waals surface area contributed by atoms with Crippen LogP contribution in [0.3, 0.4) is 0 Å². The van der Waals surface area contributed by atoms with Crippen LogP contribution >= 0.6 is 15.9 Å². The molecular weight excluding hydrogens is 498 g/mol. The van der Waals surface area contributed by atoms with E-state index in [-0.39, 0.29) is 11.7 Å². The third-order valence-corrected chi connectivity index (χ3v) is 6.34. The topological polar surface area (TPSA) is 68.6 Å². The molecule has 1 N–H and O–H groups in total. The fraction of sp³-hybridized carbons (Fsp3) is 0.304. The summed E-state index contributed by atoms with van der Waals surface area (Å²) in [6.45, 7) is 0.610. The molecule has 7 nitrogen and oxygen atoms in total. The minimum Gasteiger partial charge on any atom is -0.434 e.